The van der Waals surface area contributed by atoms with Gasteiger partial charge in [-0.2, -0.15) is 5.10 Å². The molecule has 0 saturated heterocycles. The van der Waals surface area contributed by atoms with E-state index in [0.717, 1.165) is 10.8 Å². The van der Waals surface area contributed by atoms with Gasteiger partial charge in [0, 0.05) is 5.56 Å². The summed E-state index contributed by atoms with van der Waals surface area (Å²) in [7, 11) is 1.50. The smallest absolute Gasteiger partial charge is 0.371 e. The molecule has 4 rings (SSSR count). The molecule has 0 radical (unpaired) electrons. The molecule has 33 heavy (non-hydrogen) atoms. The molecule has 0 aliphatic carbocycles. The fraction of sp³-hybridized carbons (Fsp3) is 0.0800. The monoisotopic (exact) mass is 444 g/mol. The van der Waals surface area contributed by atoms with Gasteiger partial charge >= 0.3 is 5.97 Å². The lowest BCUT2D eigenvalue weighted by Gasteiger charge is -2.10. The van der Waals surface area contributed by atoms with E-state index in [1.807, 2.05) is 36.4 Å². The minimum atomic E-state index is -1.14. The summed E-state index contributed by atoms with van der Waals surface area (Å²) >= 11 is 0. The molecule has 1 aromatic heterocycles. The van der Waals surface area contributed by atoms with E-state index in [1.165, 1.54) is 25.5 Å². The lowest BCUT2D eigenvalue weighted by Crippen LogP contribution is -2.17. The van der Waals surface area contributed by atoms with Crippen LogP contribution in [0.3, 0.4) is 0 Å². The first-order valence-electron chi connectivity index (χ1n) is 9.98. The molecule has 0 atom stereocenters. The molecule has 1 heterocycles. The van der Waals surface area contributed by atoms with Gasteiger partial charge in [-0.15, -0.1) is 0 Å². The molecule has 2 N–H and O–H groups in total. The summed E-state index contributed by atoms with van der Waals surface area (Å²) in [6.45, 7) is 0.0406. The van der Waals surface area contributed by atoms with Crippen molar-refractivity contribution in [3.05, 3.63) is 95.4 Å². The van der Waals surface area contributed by atoms with Crippen LogP contribution in [0.4, 0.5) is 0 Å². The van der Waals surface area contributed by atoms with Crippen LogP contribution < -0.4 is 14.9 Å². The van der Waals surface area contributed by atoms with E-state index in [-0.39, 0.29) is 18.3 Å². The zero-order chi connectivity index (χ0) is 23.2. The number of rotatable bonds is 8. The summed E-state index contributed by atoms with van der Waals surface area (Å²) in [5, 5.41) is 15.0. The third-order valence-electron chi connectivity index (χ3n) is 4.82. The van der Waals surface area contributed by atoms with E-state index in [4.69, 9.17) is 19.0 Å². The van der Waals surface area contributed by atoms with Gasteiger partial charge in [-0.1, -0.05) is 30.3 Å². The van der Waals surface area contributed by atoms with Gasteiger partial charge in [-0.3, -0.25) is 4.79 Å². The van der Waals surface area contributed by atoms with Gasteiger partial charge in [0.1, 0.15) is 12.4 Å². The van der Waals surface area contributed by atoms with Crippen LogP contribution in [0, 0.1) is 0 Å². The number of amides is 1. The third kappa shape index (κ3) is 5.19. The van der Waals surface area contributed by atoms with Gasteiger partial charge in [0.2, 0.25) is 5.76 Å². The topological polar surface area (TPSA) is 110 Å². The average molecular weight is 444 g/mol. The molecule has 0 unspecified atom stereocenters. The van der Waals surface area contributed by atoms with Crippen molar-refractivity contribution in [1.29, 1.82) is 0 Å². The number of nitrogens with one attached hydrogen (secondary N) is 1. The van der Waals surface area contributed by atoms with E-state index >= 15 is 0 Å². The first kappa shape index (κ1) is 21.6. The number of methoxy groups -OCH3 is 1. The number of carbonyl (C=O) groups is 2. The molecule has 4 aromatic rings. The highest BCUT2D eigenvalue weighted by Gasteiger charge is 2.11. The summed E-state index contributed by atoms with van der Waals surface area (Å²) in [5.74, 6) is -0.347. The number of carbonyl (C=O) groups excluding carboxylic acids is 1. The number of hydrogen-bond donors (Lipinski definition) is 2. The van der Waals surface area contributed by atoms with Crippen molar-refractivity contribution >= 4 is 28.9 Å². The average Bonchev–Trinajstić information content (AvgIpc) is 3.32. The number of ether oxygens (including phenoxy) is 2. The maximum absolute atomic E-state index is 12.4. The van der Waals surface area contributed by atoms with Crippen LogP contribution in [-0.2, 0) is 6.61 Å². The molecule has 1 amide bonds. The Balaban J connectivity index is 1.39. The molecule has 0 saturated carbocycles. The van der Waals surface area contributed by atoms with Crippen molar-refractivity contribution < 1.29 is 28.6 Å². The zero-order valence-electron chi connectivity index (χ0n) is 17.6. The lowest BCUT2D eigenvalue weighted by atomic mass is 10.1. The predicted octanol–water partition coefficient (Wildman–Crippen LogP) is 4.48. The van der Waals surface area contributed by atoms with Crippen LogP contribution in [0.2, 0.25) is 0 Å². The van der Waals surface area contributed by atoms with Crippen LogP contribution in [0.1, 0.15) is 32.2 Å². The first-order valence-corrected chi connectivity index (χ1v) is 9.98. The number of nitrogens with zero attached hydrogens (tertiary/aromatic N) is 1. The summed E-state index contributed by atoms with van der Waals surface area (Å²) in [5.41, 5.74) is 3.72. The van der Waals surface area contributed by atoms with Gasteiger partial charge in [-0.05, 0) is 58.8 Å². The summed E-state index contributed by atoms with van der Waals surface area (Å²) in [4.78, 5) is 23.3. The number of benzene rings is 3. The number of furan rings is 1. The first-order chi connectivity index (χ1) is 16.0. The van der Waals surface area contributed by atoms with E-state index < -0.39 is 5.97 Å². The standard InChI is InChI=1S/C25H20N2O6/c1-31-23-12-16(6-10-21(23)32-15-20-9-11-22(33-20)25(29)30)14-26-27-24(28)19-8-7-17-4-2-3-5-18(17)13-19/h2-14H,15H2,1H3,(H,27,28)(H,29,30). The predicted molar refractivity (Wildman–Crippen MR) is 122 cm³/mol. The van der Waals surface area contributed by atoms with Gasteiger partial charge < -0.3 is 19.0 Å². The number of aromatic carboxylic acids is 1. The fourth-order valence-electron chi connectivity index (χ4n) is 3.16. The Labute approximate surface area is 189 Å². The summed E-state index contributed by atoms with van der Waals surface area (Å²) in [6.07, 6.45) is 1.50. The second-order valence-corrected chi connectivity index (χ2v) is 7.03. The minimum absolute atomic E-state index is 0.0406. The van der Waals surface area contributed by atoms with Gasteiger partial charge in [0.15, 0.2) is 11.5 Å². The van der Waals surface area contributed by atoms with E-state index in [2.05, 4.69) is 10.5 Å². The molecular formula is C25H20N2O6. The van der Waals surface area contributed by atoms with E-state index in [1.54, 1.807) is 24.3 Å². The van der Waals surface area contributed by atoms with Crippen molar-refractivity contribution in [3.63, 3.8) is 0 Å². The van der Waals surface area contributed by atoms with Crippen LogP contribution >= 0.6 is 0 Å². The van der Waals surface area contributed by atoms with Crippen LogP contribution in [0.5, 0.6) is 11.5 Å². The van der Waals surface area contributed by atoms with Crippen molar-refractivity contribution in [2.75, 3.05) is 7.11 Å². The highest BCUT2D eigenvalue weighted by molar-refractivity contribution is 5.99. The molecule has 3 aromatic carbocycles. The Kier molecular flexibility index (Phi) is 6.36. The third-order valence-corrected chi connectivity index (χ3v) is 4.82. The molecule has 166 valence electrons. The molecule has 8 heteroatoms. The van der Waals surface area contributed by atoms with Crippen molar-refractivity contribution in [2.24, 2.45) is 5.10 Å². The molecule has 0 spiro atoms. The second-order valence-electron chi connectivity index (χ2n) is 7.03. The highest BCUT2D eigenvalue weighted by atomic mass is 16.5. The minimum Gasteiger partial charge on any atom is -0.493 e. The van der Waals surface area contributed by atoms with Crippen molar-refractivity contribution in [1.82, 2.24) is 5.43 Å². The van der Waals surface area contributed by atoms with Crippen molar-refractivity contribution in [3.8, 4) is 11.5 Å². The van der Waals surface area contributed by atoms with Crippen LogP contribution in [0.25, 0.3) is 10.8 Å². The Morgan fingerprint density at radius 2 is 1.82 bits per heavy atom. The normalized spacial score (nSPS) is 10.9. The Bertz CT molecular complexity index is 1340. The Morgan fingerprint density at radius 1 is 1.00 bits per heavy atom. The quantitative estimate of drug-likeness (QED) is 0.306. The second kappa shape index (κ2) is 9.69. The van der Waals surface area contributed by atoms with Gasteiger partial charge in [0.25, 0.3) is 5.91 Å². The molecule has 8 nitrogen and oxygen atoms in total. The molecule has 0 bridgehead atoms. The number of carboxylic acid groups (broad SMARTS) is 1. The number of carboxylic acids is 1. The molecule has 0 aliphatic rings. The summed E-state index contributed by atoms with van der Waals surface area (Å²) < 4.78 is 16.2. The Hall–Kier alpha value is -4.59. The van der Waals surface area contributed by atoms with Crippen molar-refractivity contribution in [2.45, 2.75) is 6.61 Å². The molecular weight excluding hydrogens is 424 g/mol. The van der Waals surface area contributed by atoms with Gasteiger partial charge in [-0.25, -0.2) is 10.2 Å². The highest BCUT2D eigenvalue weighted by Crippen LogP contribution is 2.28. The van der Waals surface area contributed by atoms with E-state index in [0.29, 0.717) is 28.4 Å². The number of fused-ring (bicyclic) bond motifs is 1. The molecule has 0 fully saturated rings. The number of hydrogen-bond acceptors (Lipinski definition) is 6. The summed E-state index contributed by atoms with van der Waals surface area (Å²) in [6, 6.07) is 21.3. The van der Waals surface area contributed by atoms with Gasteiger partial charge in [0.05, 0.1) is 13.3 Å². The maximum Gasteiger partial charge on any atom is 0.371 e. The Morgan fingerprint density at radius 3 is 2.58 bits per heavy atom. The zero-order valence-corrected chi connectivity index (χ0v) is 17.6. The largest absolute Gasteiger partial charge is 0.493 e. The molecule has 0 aliphatic heterocycles. The van der Waals surface area contributed by atoms with E-state index in [9.17, 15) is 9.59 Å². The lowest BCUT2D eigenvalue weighted by molar-refractivity contribution is 0.0657. The van der Waals surface area contributed by atoms with Crippen LogP contribution in [-0.4, -0.2) is 30.3 Å². The SMILES string of the molecule is COc1cc(C=NNC(=O)c2ccc3ccccc3c2)ccc1OCc1ccc(C(=O)O)o1. The fourth-order valence-corrected chi connectivity index (χ4v) is 3.16. The number of hydrazone groups is 1. The van der Waals surface area contributed by atoms with Crippen LogP contribution in [0.15, 0.2) is 82.3 Å². The maximum atomic E-state index is 12.4.